The number of nitrogens with zero attached hydrogens (tertiary/aromatic N) is 1. The minimum Gasteiger partial charge on any atom is -0.313 e. The van der Waals surface area contributed by atoms with E-state index in [0.717, 1.165) is 12.0 Å². The molecule has 0 amide bonds. The highest BCUT2D eigenvalue weighted by Gasteiger charge is 2.36. The van der Waals surface area contributed by atoms with E-state index in [4.69, 9.17) is 0 Å². The van der Waals surface area contributed by atoms with E-state index in [1.54, 1.807) is 0 Å². The highest BCUT2D eigenvalue weighted by molar-refractivity contribution is 5.23. The normalized spacial score (nSPS) is 31.1. The Morgan fingerprint density at radius 3 is 2.65 bits per heavy atom. The van der Waals surface area contributed by atoms with Crippen molar-refractivity contribution < 1.29 is 0 Å². The zero-order valence-electron chi connectivity index (χ0n) is 10.6. The average molecular weight is 230 g/mol. The Bertz CT molecular complexity index is 356. The highest BCUT2D eigenvalue weighted by Crippen LogP contribution is 2.31. The maximum atomic E-state index is 3.59. The third-order valence-electron chi connectivity index (χ3n) is 4.37. The van der Waals surface area contributed by atoms with Crippen molar-refractivity contribution >= 4 is 0 Å². The molecule has 2 nitrogen and oxygen atoms in total. The van der Waals surface area contributed by atoms with Gasteiger partial charge in [0.15, 0.2) is 0 Å². The molecule has 2 heterocycles. The number of nitrogens with one attached hydrogen (secondary N) is 1. The minimum atomic E-state index is 0.667. The average Bonchev–Trinajstić information content (AvgIpc) is 2.31. The summed E-state index contributed by atoms with van der Waals surface area (Å²) in [5.41, 5.74) is 1.51. The van der Waals surface area contributed by atoms with E-state index in [0.29, 0.717) is 6.04 Å². The Balaban J connectivity index is 1.57. The van der Waals surface area contributed by atoms with Gasteiger partial charge >= 0.3 is 0 Å². The molecule has 0 saturated carbocycles. The van der Waals surface area contributed by atoms with Gasteiger partial charge in [0, 0.05) is 31.1 Å². The van der Waals surface area contributed by atoms with Crippen LogP contribution in [0.3, 0.4) is 0 Å². The van der Waals surface area contributed by atoms with Gasteiger partial charge in [-0.15, -0.1) is 0 Å². The van der Waals surface area contributed by atoms with Crippen LogP contribution < -0.4 is 5.32 Å². The smallest absolute Gasteiger partial charge is 0.0247 e. The van der Waals surface area contributed by atoms with Crippen LogP contribution >= 0.6 is 0 Å². The fourth-order valence-electron chi connectivity index (χ4n) is 3.25. The van der Waals surface area contributed by atoms with Crippen LogP contribution in [0.15, 0.2) is 30.3 Å². The molecule has 0 aliphatic carbocycles. The van der Waals surface area contributed by atoms with E-state index in [9.17, 15) is 0 Å². The van der Waals surface area contributed by atoms with Gasteiger partial charge in [0.2, 0.25) is 0 Å². The highest BCUT2D eigenvalue weighted by atomic mass is 15.2. The summed E-state index contributed by atoms with van der Waals surface area (Å²) >= 11 is 0. The van der Waals surface area contributed by atoms with Crippen LogP contribution in [0, 0.1) is 0 Å². The fourth-order valence-corrected chi connectivity index (χ4v) is 3.25. The van der Waals surface area contributed by atoms with E-state index in [1.165, 1.54) is 38.0 Å². The molecular weight excluding hydrogens is 208 g/mol. The molecule has 1 aromatic carbocycles. The maximum Gasteiger partial charge on any atom is 0.0247 e. The quantitative estimate of drug-likeness (QED) is 0.838. The van der Waals surface area contributed by atoms with Crippen LogP contribution in [0.2, 0.25) is 0 Å². The van der Waals surface area contributed by atoms with E-state index >= 15 is 0 Å². The molecule has 0 bridgehead atoms. The lowest BCUT2D eigenvalue weighted by atomic mass is 9.87. The summed E-state index contributed by atoms with van der Waals surface area (Å²) in [6.07, 6.45) is 2.71. The lowest BCUT2D eigenvalue weighted by Gasteiger charge is -2.48. The van der Waals surface area contributed by atoms with Crippen molar-refractivity contribution in [1.29, 1.82) is 0 Å². The zero-order chi connectivity index (χ0) is 11.7. The summed E-state index contributed by atoms with van der Waals surface area (Å²) in [4.78, 5) is 2.66. The molecule has 2 heteroatoms. The van der Waals surface area contributed by atoms with Crippen molar-refractivity contribution in [2.75, 3.05) is 19.6 Å². The summed E-state index contributed by atoms with van der Waals surface area (Å²) < 4.78 is 0. The molecule has 0 radical (unpaired) electrons. The van der Waals surface area contributed by atoms with Crippen molar-refractivity contribution in [2.24, 2.45) is 0 Å². The summed E-state index contributed by atoms with van der Waals surface area (Å²) in [6, 6.07) is 12.4. The Morgan fingerprint density at radius 1 is 1.18 bits per heavy atom. The zero-order valence-corrected chi connectivity index (χ0v) is 10.6. The van der Waals surface area contributed by atoms with Gasteiger partial charge in [-0.3, -0.25) is 4.90 Å². The lowest BCUT2D eigenvalue weighted by molar-refractivity contribution is 0.0550. The molecule has 2 fully saturated rings. The van der Waals surface area contributed by atoms with Crippen molar-refractivity contribution in [1.82, 2.24) is 10.2 Å². The molecule has 17 heavy (non-hydrogen) atoms. The molecule has 1 aromatic rings. The van der Waals surface area contributed by atoms with E-state index in [-0.39, 0.29) is 0 Å². The van der Waals surface area contributed by atoms with Gasteiger partial charge in [-0.25, -0.2) is 0 Å². The molecule has 2 saturated heterocycles. The van der Waals surface area contributed by atoms with Crippen molar-refractivity contribution in [3.63, 3.8) is 0 Å². The number of piperidine rings is 1. The first kappa shape index (κ1) is 11.2. The summed E-state index contributed by atoms with van der Waals surface area (Å²) in [7, 11) is 0. The second-order valence-electron chi connectivity index (χ2n) is 5.51. The first-order valence-electron chi connectivity index (χ1n) is 6.87. The third-order valence-corrected chi connectivity index (χ3v) is 4.37. The first-order chi connectivity index (χ1) is 8.34. The number of likely N-dealkylation sites (tertiary alicyclic amines) is 1. The lowest BCUT2D eigenvalue weighted by Crippen LogP contribution is -2.59. The van der Waals surface area contributed by atoms with Crippen LogP contribution in [-0.4, -0.2) is 36.6 Å². The van der Waals surface area contributed by atoms with Crippen LogP contribution in [0.1, 0.15) is 31.2 Å². The molecule has 3 rings (SSSR count). The molecule has 0 aromatic heterocycles. The first-order valence-corrected chi connectivity index (χ1v) is 6.87. The summed E-state index contributed by atoms with van der Waals surface area (Å²) in [5.74, 6) is 0.769. The van der Waals surface area contributed by atoms with E-state index < -0.39 is 0 Å². The van der Waals surface area contributed by atoms with Gasteiger partial charge in [-0.2, -0.15) is 0 Å². The van der Waals surface area contributed by atoms with Gasteiger partial charge in [0.1, 0.15) is 0 Å². The number of benzene rings is 1. The Kier molecular flexibility index (Phi) is 3.17. The Morgan fingerprint density at radius 2 is 1.94 bits per heavy atom. The SMILES string of the molecule is CC1NCCCC1N1CC(c2ccccc2)C1. The summed E-state index contributed by atoms with van der Waals surface area (Å²) in [5, 5.41) is 3.59. The molecule has 2 aliphatic heterocycles. The standard InChI is InChI=1S/C15H22N2/c1-12-15(8-5-9-16-12)17-10-14(11-17)13-6-3-2-4-7-13/h2-4,6-7,12,14-16H,5,8-11H2,1H3. The molecule has 92 valence electrons. The predicted molar refractivity (Wildman–Crippen MR) is 71.2 cm³/mol. The Labute approximate surface area is 104 Å². The molecule has 1 N–H and O–H groups in total. The molecule has 2 aliphatic rings. The van der Waals surface area contributed by atoms with Crippen LogP contribution in [0.4, 0.5) is 0 Å². The topological polar surface area (TPSA) is 15.3 Å². The monoisotopic (exact) mass is 230 g/mol. The van der Waals surface area contributed by atoms with Crippen LogP contribution in [0.5, 0.6) is 0 Å². The van der Waals surface area contributed by atoms with Gasteiger partial charge in [0.25, 0.3) is 0 Å². The third kappa shape index (κ3) is 2.24. The van der Waals surface area contributed by atoms with Gasteiger partial charge in [-0.05, 0) is 31.9 Å². The second kappa shape index (κ2) is 4.79. The van der Waals surface area contributed by atoms with E-state index in [2.05, 4.69) is 47.5 Å². The summed E-state index contributed by atoms with van der Waals surface area (Å²) in [6.45, 7) is 6.04. The molecular formula is C15H22N2. The molecule has 2 unspecified atom stereocenters. The predicted octanol–water partition coefficient (Wildman–Crippen LogP) is 2.23. The van der Waals surface area contributed by atoms with Crippen LogP contribution in [0.25, 0.3) is 0 Å². The van der Waals surface area contributed by atoms with Crippen LogP contribution in [-0.2, 0) is 0 Å². The van der Waals surface area contributed by atoms with Crippen molar-refractivity contribution in [3.8, 4) is 0 Å². The largest absolute Gasteiger partial charge is 0.313 e. The number of rotatable bonds is 2. The van der Waals surface area contributed by atoms with Gasteiger partial charge in [0.05, 0.1) is 0 Å². The van der Waals surface area contributed by atoms with Crippen molar-refractivity contribution in [3.05, 3.63) is 35.9 Å². The number of hydrogen-bond donors (Lipinski definition) is 1. The van der Waals surface area contributed by atoms with E-state index in [1.807, 2.05) is 0 Å². The second-order valence-corrected chi connectivity index (χ2v) is 5.51. The van der Waals surface area contributed by atoms with Crippen molar-refractivity contribution in [2.45, 2.75) is 37.8 Å². The fraction of sp³-hybridized carbons (Fsp3) is 0.600. The minimum absolute atomic E-state index is 0.667. The maximum absolute atomic E-state index is 3.59. The Hall–Kier alpha value is -0.860. The molecule has 2 atom stereocenters. The number of hydrogen-bond acceptors (Lipinski definition) is 2. The molecule has 0 spiro atoms. The van der Waals surface area contributed by atoms with Gasteiger partial charge in [-0.1, -0.05) is 30.3 Å². The van der Waals surface area contributed by atoms with Gasteiger partial charge < -0.3 is 5.32 Å².